The Balaban J connectivity index is 1.77. The van der Waals surface area contributed by atoms with E-state index in [2.05, 4.69) is 14.5 Å². The molecule has 1 aliphatic heterocycles. The van der Waals surface area contributed by atoms with Crippen LogP contribution >= 0.6 is 0 Å². The van der Waals surface area contributed by atoms with Crippen LogP contribution in [0.5, 0.6) is 0 Å². The molecule has 1 aliphatic rings. The van der Waals surface area contributed by atoms with E-state index >= 15 is 0 Å². The molecule has 5 heteroatoms. The summed E-state index contributed by atoms with van der Waals surface area (Å²) in [6.07, 6.45) is 3.83. The maximum atomic E-state index is 13.4. The average molecular weight is 260 g/mol. The second-order valence-electron chi connectivity index (χ2n) is 4.86. The molecule has 0 radical (unpaired) electrons. The summed E-state index contributed by atoms with van der Waals surface area (Å²) < 4.78 is 15.5. The lowest BCUT2D eigenvalue weighted by Gasteiger charge is -2.28. The van der Waals surface area contributed by atoms with Crippen molar-refractivity contribution in [2.24, 2.45) is 5.73 Å². The zero-order chi connectivity index (χ0) is 13.2. The standard InChI is InChI=1S/C14H17FN4/c15-13-2-1-11(8-16)12(7-13)9-18-5-6-19-4-3-17-14(19)10-18/h1-4,7H,5-6,8-10,16H2. The molecule has 0 bridgehead atoms. The van der Waals surface area contributed by atoms with Gasteiger partial charge in [0.05, 0.1) is 6.54 Å². The van der Waals surface area contributed by atoms with Crippen molar-refractivity contribution >= 4 is 0 Å². The fraction of sp³-hybridized carbons (Fsp3) is 0.357. The number of hydrogen-bond donors (Lipinski definition) is 1. The van der Waals surface area contributed by atoms with Gasteiger partial charge < -0.3 is 10.3 Å². The first kappa shape index (κ1) is 12.3. The Labute approximate surface area is 111 Å². The summed E-state index contributed by atoms with van der Waals surface area (Å²) in [5.74, 6) is 0.864. The molecule has 3 rings (SSSR count). The summed E-state index contributed by atoms with van der Waals surface area (Å²) in [6, 6.07) is 4.83. The van der Waals surface area contributed by atoms with Crippen molar-refractivity contribution in [3.8, 4) is 0 Å². The van der Waals surface area contributed by atoms with Crippen molar-refractivity contribution in [3.05, 3.63) is 53.4 Å². The monoisotopic (exact) mass is 260 g/mol. The third kappa shape index (κ3) is 2.52. The van der Waals surface area contributed by atoms with Gasteiger partial charge in [0.1, 0.15) is 11.6 Å². The third-order valence-corrected chi connectivity index (χ3v) is 3.61. The van der Waals surface area contributed by atoms with E-state index in [4.69, 9.17) is 5.73 Å². The third-order valence-electron chi connectivity index (χ3n) is 3.61. The molecule has 1 aromatic carbocycles. The molecule has 0 unspecified atom stereocenters. The van der Waals surface area contributed by atoms with Gasteiger partial charge >= 0.3 is 0 Å². The molecule has 0 fully saturated rings. The Morgan fingerprint density at radius 2 is 2.16 bits per heavy atom. The molecule has 19 heavy (non-hydrogen) atoms. The Kier molecular flexibility index (Phi) is 3.31. The van der Waals surface area contributed by atoms with E-state index in [1.54, 1.807) is 12.1 Å². The van der Waals surface area contributed by atoms with Gasteiger partial charge in [0.25, 0.3) is 0 Å². The highest BCUT2D eigenvalue weighted by molar-refractivity contribution is 5.27. The minimum absolute atomic E-state index is 0.203. The molecule has 0 spiro atoms. The van der Waals surface area contributed by atoms with Crippen LogP contribution < -0.4 is 5.73 Å². The Bertz CT molecular complexity index is 579. The van der Waals surface area contributed by atoms with E-state index < -0.39 is 0 Å². The number of hydrogen-bond acceptors (Lipinski definition) is 3. The van der Waals surface area contributed by atoms with Gasteiger partial charge in [-0.2, -0.15) is 0 Å². The zero-order valence-corrected chi connectivity index (χ0v) is 10.7. The SMILES string of the molecule is NCc1ccc(F)cc1CN1CCn2ccnc2C1. The summed E-state index contributed by atoms with van der Waals surface area (Å²) in [5.41, 5.74) is 7.69. The maximum Gasteiger partial charge on any atom is 0.123 e. The number of halogens is 1. The number of nitrogens with two attached hydrogens (primary N) is 1. The normalized spacial score (nSPS) is 15.5. The highest BCUT2D eigenvalue weighted by Crippen LogP contribution is 2.17. The summed E-state index contributed by atoms with van der Waals surface area (Å²) in [5, 5.41) is 0. The molecular weight excluding hydrogens is 243 g/mol. The van der Waals surface area contributed by atoms with Crippen LogP contribution in [0, 0.1) is 5.82 Å². The highest BCUT2D eigenvalue weighted by Gasteiger charge is 2.17. The van der Waals surface area contributed by atoms with Crippen LogP contribution in [0.2, 0.25) is 0 Å². The average Bonchev–Trinajstić information content (AvgIpc) is 2.86. The molecule has 0 saturated carbocycles. The first-order valence-corrected chi connectivity index (χ1v) is 6.46. The van der Waals surface area contributed by atoms with Crippen LogP contribution in [-0.2, 0) is 26.2 Å². The van der Waals surface area contributed by atoms with Gasteiger partial charge in [0, 0.05) is 38.6 Å². The predicted molar refractivity (Wildman–Crippen MR) is 70.6 cm³/mol. The molecule has 0 atom stereocenters. The molecule has 0 amide bonds. The van der Waals surface area contributed by atoms with E-state index in [1.165, 1.54) is 6.07 Å². The highest BCUT2D eigenvalue weighted by atomic mass is 19.1. The quantitative estimate of drug-likeness (QED) is 0.909. The number of benzene rings is 1. The summed E-state index contributed by atoms with van der Waals surface area (Å²) in [7, 11) is 0. The van der Waals surface area contributed by atoms with Crippen molar-refractivity contribution in [2.75, 3.05) is 6.54 Å². The molecule has 0 saturated heterocycles. The van der Waals surface area contributed by atoms with E-state index in [9.17, 15) is 4.39 Å². The fourth-order valence-electron chi connectivity index (χ4n) is 2.54. The summed E-state index contributed by atoms with van der Waals surface area (Å²) in [6.45, 7) is 3.84. The Morgan fingerprint density at radius 3 is 3.00 bits per heavy atom. The fourth-order valence-corrected chi connectivity index (χ4v) is 2.54. The largest absolute Gasteiger partial charge is 0.333 e. The van der Waals surface area contributed by atoms with Gasteiger partial charge in [-0.3, -0.25) is 4.90 Å². The lowest BCUT2D eigenvalue weighted by molar-refractivity contribution is 0.208. The van der Waals surface area contributed by atoms with Crippen LogP contribution in [0.4, 0.5) is 4.39 Å². The molecule has 1 aromatic heterocycles. The van der Waals surface area contributed by atoms with Crippen LogP contribution in [0.25, 0.3) is 0 Å². The van der Waals surface area contributed by atoms with Crippen LogP contribution in [0.15, 0.2) is 30.6 Å². The van der Waals surface area contributed by atoms with Gasteiger partial charge in [-0.05, 0) is 23.3 Å². The van der Waals surface area contributed by atoms with Crippen LogP contribution in [-0.4, -0.2) is 21.0 Å². The minimum Gasteiger partial charge on any atom is -0.333 e. The van der Waals surface area contributed by atoms with Gasteiger partial charge in [-0.15, -0.1) is 0 Å². The number of imidazole rings is 1. The van der Waals surface area contributed by atoms with E-state index in [0.717, 1.165) is 43.1 Å². The second-order valence-corrected chi connectivity index (χ2v) is 4.86. The zero-order valence-electron chi connectivity index (χ0n) is 10.7. The van der Waals surface area contributed by atoms with Crippen molar-refractivity contribution in [3.63, 3.8) is 0 Å². The first-order valence-electron chi connectivity index (χ1n) is 6.46. The number of fused-ring (bicyclic) bond motifs is 1. The molecular formula is C14H17FN4. The number of nitrogens with zero attached hydrogens (tertiary/aromatic N) is 3. The van der Waals surface area contributed by atoms with Gasteiger partial charge in [0.15, 0.2) is 0 Å². The first-order chi connectivity index (χ1) is 9.26. The maximum absolute atomic E-state index is 13.4. The molecule has 2 heterocycles. The van der Waals surface area contributed by atoms with Crippen molar-refractivity contribution in [1.29, 1.82) is 0 Å². The van der Waals surface area contributed by atoms with Crippen LogP contribution in [0.3, 0.4) is 0 Å². The smallest absolute Gasteiger partial charge is 0.123 e. The number of aromatic nitrogens is 2. The van der Waals surface area contributed by atoms with E-state index in [0.29, 0.717) is 6.54 Å². The lowest BCUT2D eigenvalue weighted by atomic mass is 10.1. The van der Waals surface area contributed by atoms with Crippen molar-refractivity contribution in [1.82, 2.24) is 14.5 Å². The summed E-state index contributed by atoms with van der Waals surface area (Å²) in [4.78, 5) is 6.61. The lowest BCUT2D eigenvalue weighted by Crippen LogP contribution is -2.33. The minimum atomic E-state index is -0.203. The van der Waals surface area contributed by atoms with E-state index in [-0.39, 0.29) is 5.82 Å². The second kappa shape index (κ2) is 5.11. The molecule has 2 N–H and O–H groups in total. The molecule has 4 nitrogen and oxygen atoms in total. The topological polar surface area (TPSA) is 47.1 Å². The van der Waals surface area contributed by atoms with Crippen molar-refractivity contribution in [2.45, 2.75) is 26.2 Å². The summed E-state index contributed by atoms with van der Waals surface area (Å²) >= 11 is 0. The van der Waals surface area contributed by atoms with Gasteiger partial charge in [-0.1, -0.05) is 6.07 Å². The van der Waals surface area contributed by atoms with E-state index in [1.807, 2.05) is 12.4 Å². The number of rotatable bonds is 3. The predicted octanol–water partition coefficient (Wildman–Crippen LogP) is 1.50. The van der Waals surface area contributed by atoms with Crippen molar-refractivity contribution < 1.29 is 4.39 Å². The Morgan fingerprint density at radius 1 is 1.26 bits per heavy atom. The molecule has 100 valence electrons. The van der Waals surface area contributed by atoms with Gasteiger partial charge in [-0.25, -0.2) is 9.37 Å². The Hall–Kier alpha value is -1.72. The van der Waals surface area contributed by atoms with Gasteiger partial charge in [0.2, 0.25) is 0 Å². The molecule has 2 aromatic rings. The van der Waals surface area contributed by atoms with Crippen LogP contribution in [0.1, 0.15) is 17.0 Å². The molecule has 0 aliphatic carbocycles.